The highest BCUT2D eigenvalue weighted by molar-refractivity contribution is 9.11. The Hall–Kier alpha value is -1.24. The minimum absolute atomic E-state index is 0.0790. The summed E-state index contributed by atoms with van der Waals surface area (Å²) in [5, 5.41) is 2.16. The van der Waals surface area contributed by atoms with Gasteiger partial charge >= 0.3 is 0 Å². The van der Waals surface area contributed by atoms with Crippen LogP contribution in [0.15, 0.2) is 39.5 Å². The van der Waals surface area contributed by atoms with Crippen LogP contribution in [0.1, 0.15) is 22.3 Å². The van der Waals surface area contributed by atoms with Crippen molar-refractivity contribution in [2.45, 2.75) is 13.0 Å². The topological polar surface area (TPSA) is 23.6 Å². The SMILES string of the molecule is O=C(c1cccc(F)c1)N1CCCN(Cc2csc(Br)c2)CC1. The molecule has 122 valence electrons. The fourth-order valence-electron chi connectivity index (χ4n) is 2.82. The largest absolute Gasteiger partial charge is 0.337 e. The van der Waals surface area contributed by atoms with Gasteiger partial charge in [0.15, 0.2) is 0 Å². The standard InChI is InChI=1S/C17H18BrFN2OS/c18-16-9-13(12-23-16)11-20-5-2-6-21(8-7-20)17(22)14-3-1-4-15(19)10-14/h1,3-4,9-10,12H,2,5-8,11H2. The number of benzene rings is 1. The number of carbonyl (C=O) groups excluding carboxylic acids is 1. The molecule has 23 heavy (non-hydrogen) atoms. The van der Waals surface area contributed by atoms with Gasteiger partial charge in [-0.25, -0.2) is 4.39 Å². The van der Waals surface area contributed by atoms with Gasteiger partial charge in [0.25, 0.3) is 5.91 Å². The molecule has 3 rings (SSSR count). The molecule has 0 spiro atoms. The van der Waals surface area contributed by atoms with E-state index >= 15 is 0 Å². The van der Waals surface area contributed by atoms with E-state index in [1.54, 1.807) is 23.5 Å². The van der Waals surface area contributed by atoms with Crippen molar-refractivity contribution in [2.75, 3.05) is 26.2 Å². The van der Waals surface area contributed by atoms with Crippen molar-refractivity contribution >= 4 is 33.2 Å². The summed E-state index contributed by atoms with van der Waals surface area (Å²) in [4.78, 5) is 16.7. The number of rotatable bonds is 3. The molecule has 0 aliphatic carbocycles. The normalized spacial score (nSPS) is 16.3. The fraction of sp³-hybridized carbons (Fsp3) is 0.353. The molecule has 1 fully saturated rings. The van der Waals surface area contributed by atoms with Gasteiger partial charge in [0, 0.05) is 38.3 Å². The molecule has 0 bridgehead atoms. The summed E-state index contributed by atoms with van der Waals surface area (Å²) in [5.41, 5.74) is 1.73. The maximum absolute atomic E-state index is 13.3. The Kier molecular flexibility index (Phi) is 5.46. The molecule has 0 saturated carbocycles. The van der Waals surface area contributed by atoms with Crippen LogP contribution in [-0.2, 0) is 6.54 Å². The van der Waals surface area contributed by atoms with Crippen LogP contribution in [-0.4, -0.2) is 41.9 Å². The lowest BCUT2D eigenvalue weighted by molar-refractivity contribution is 0.0760. The lowest BCUT2D eigenvalue weighted by Gasteiger charge is -2.22. The number of halogens is 2. The van der Waals surface area contributed by atoms with E-state index in [9.17, 15) is 9.18 Å². The van der Waals surface area contributed by atoms with E-state index in [0.717, 1.165) is 36.4 Å². The minimum atomic E-state index is -0.365. The predicted molar refractivity (Wildman–Crippen MR) is 94.2 cm³/mol. The second-order valence-corrected chi connectivity index (χ2v) is 7.98. The van der Waals surface area contributed by atoms with Crippen LogP contribution in [0.2, 0.25) is 0 Å². The monoisotopic (exact) mass is 396 g/mol. The van der Waals surface area contributed by atoms with Gasteiger partial charge in [0.1, 0.15) is 5.82 Å². The third-order valence-electron chi connectivity index (χ3n) is 3.98. The molecule has 3 nitrogen and oxygen atoms in total. The first-order chi connectivity index (χ1) is 11.1. The highest BCUT2D eigenvalue weighted by Gasteiger charge is 2.20. The van der Waals surface area contributed by atoms with Gasteiger partial charge in [-0.05, 0) is 57.6 Å². The zero-order valence-corrected chi connectivity index (χ0v) is 15.1. The molecule has 1 saturated heterocycles. The van der Waals surface area contributed by atoms with E-state index in [4.69, 9.17) is 0 Å². The lowest BCUT2D eigenvalue weighted by atomic mass is 10.2. The number of nitrogens with zero attached hydrogens (tertiary/aromatic N) is 2. The molecule has 1 aliphatic heterocycles. The molecule has 1 aliphatic rings. The van der Waals surface area contributed by atoms with E-state index in [1.165, 1.54) is 17.7 Å². The number of amides is 1. The summed E-state index contributed by atoms with van der Waals surface area (Å²) in [5.74, 6) is -0.444. The van der Waals surface area contributed by atoms with Crippen molar-refractivity contribution in [3.8, 4) is 0 Å². The Morgan fingerprint density at radius 1 is 1.22 bits per heavy atom. The van der Waals surface area contributed by atoms with Crippen LogP contribution in [0.5, 0.6) is 0 Å². The zero-order chi connectivity index (χ0) is 16.2. The van der Waals surface area contributed by atoms with Crippen molar-refractivity contribution in [2.24, 2.45) is 0 Å². The summed E-state index contributed by atoms with van der Waals surface area (Å²) < 4.78 is 14.4. The van der Waals surface area contributed by atoms with Crippen LogP contribution < -0.4 is 0 Å². The Morgan fingerprint density at radius 2 is 2.09 bits per heavy atom. The van der Waals surface area contributed by atoms with E-state index in [-0.39, 0.29) is 11.7 Å². The molecule has 1 amide bonds. The second-order valence-electron chi connectivity index (χ2n) is 5.69. The molecule has 0 radical (unpaired) electrons. The summed E-state index contributed by atoms with van der Waals surface area (Å²) in [7, 11) is 0. The molecule has 1 aromatic carbocycles. The van der Waals surface area contributed by atoms with E-state index in [2.05, 4.69) is 32.3 Å². The van der Waals surface area contributed by atoms with Crippen LogP contribution >= 0.6 is 27.3 Å². The average molecular weight is 397 g/mol. The van der Waals surface area contributed by atoms with Gasteiger partial charge in [-0.15, -0.1) is 11.3 Å². The van der Waals surface area contributed by atoms with E-state index in [0.29, 0.717) is 12.1 Å². The molecule has 2 aromatic rings. The van der Waals surface area contributed by atoms with Crippen molar-refractivity contribution in [1.82, 2.24) is 9.80 Å². The Morgan fingerprint density at radius 3 is 2.83 bits per heavy atom. The molecule has 1 aromatic heterocycles. The number of thiophene rings is 1. The maximum atomic E-state index is 13.3. The van der Waals surface area contributed by atoms with Crippen LogP contribution in [0.4, 0.5) is 4.39 Å². The Balaban J connectivity index is 1.60. The van der Waals surface area contributed by atoms with Crippen LogP contribution in [0.25, 0.3) is 0 Å². The highest BCUT2D eigenvalue weighted by Crippen LogP contribution is 2.22. The first kappa shape index (κ1) is 16.6. The highest BCUT2D eigenvalue weighted by atomic mass is 79.9. The molecule has 0 N–H and O–H groups in total. The van der Waals surface area contributed by atoms with Gasteiger partial charge in [0.2, 0.25) is 0 Å². The average Bonchev–Trinajstić information content (AvgIpc) is 2.80. The number of hydrogen-bond acceptors (Lipinski definition) is 3. The fourth-order valence-corrected chi connectivity index (χ4v) is 4.02. The molecule has 0 unspecified atom stereocenters. The summed E-state index contributed by atoms with van der Waals surface area (Å²) in [6, 6.07) is 8.08. The van der Waals surface area contributed by atoms with Gasteiger partial charge in [-0.3, -0.25) is 9.69 Å². The van der Waals surface area contributed by atoms with Crippen LogP contribution in [0.3, 0.4) is 0 Å². The predicted octanol–water partition coefficient (Wildman–Crippen LogP) is 4.00. The third kappa shape index (κ3) is 4.40. The molecular weight excluding hydrogens is 379 g/mol. The minimum Gasteiger partial charge on any atom is -0.337 e. The summed E-state index contributed by atoms with van der Waals surface area (Å²) in [6.07, 6.45) is 0.937. The molecule has 6 heteroatoms. The first-order valence-electron chi connectivity index (χ1n) is 7.62. The molecule has 0 atom stereocenters. The van der Waals surface area contributed by atoms with Crippen molar-refractivity contribution in [3.63, 3.8) is 0 Å². The van der Waals surface area contributed by atoms with Gasteiger partial charge in [0.05, 0.1) is 3.79 Å². The summed E-state index contributed by atoms with van der Waals surface area (Å²) in [6.45, 7) is 4.12. The molecule has 2 heterocycles. The van der Waals surface area contributed by atoms with E-state index in [1.807, 2.05) is 4.90 Å². The third-order valence-corrected chi connectivity index (χ3v) is 5.53. The van der Waals surface area contributed by atoms with Crippen LogP contribution in [0, 0.1) is 5.82 Å². The number of hydrogen-bond donors (Lipinski definition) is 0. The maximum Gasteiger partial charge on any atom is 0.254 e. The smallest absolute Gasteiger partial charge is 0.254 e. The van der Waals surface area contributed by atoms with Gasteiger partial charge < -0.3 is 4.90 Å². The van der Waals surface area contributed by atoms with Gasteiger partial charge in [-0.1, -0.05) is 6.07 Å². The first-order valence-corrected chi connectivity index (χ1v) is 9.29. The van der Waals surface area contributed by atoms with Crippen molar-refractivity contribution in [3.05, 3.63) is 56.4 Å². The quantitative estimate of drug-likeness (QED) is 0.782. The Labute approximate surface area is 147 Å². The summed E-state index contributed by atoms with van der Waals surface area (Å²) >= 11 is 5.18. The van der Waals surface area contributed by atoms with E-state index < -0.39 is 0 Å². The zero-order valence-electron chi connectivity index (χ0n) is 12.7. The second kappa shape index (κ2) is 7.55. The van der Waals surface area contributed by atoms with Crippen molar-refractivity contribution < 1.29 is 9.18 Å². The van der Waals surface area contributed by atoms with Gasteiger partial charge in [-0.2, -0.15) is 0 Å². The van der Waals surface area contributed by atoms with Crippen molar-refractivity contribution in [1.29, 1.82) is 0 Å². The Bertz CT molecular complexity index is 691. The lowest BCUT2D eigenvalue weighted by Crippen LogP contribution is -2.35. The molecular formula is C17H18BrFN2OS. The number of carbonyl (C=O) groups is 1.